The van der Waals surface area contributed by atoms with Gasteiger partial charge in [0.05, 0.1) is 17.1 Å². The van der Waals surface area contributed by atoms with Crippen molar-refractivity contribution in [3.8, 4) is 0 Å². The van der Waals surface area contributed by atoms with E-state index in [2.05, 4.69) is 5.32 Å². The number of carbonyl (C=O) groups excluding carboxylic acids is 2. The van der Waals surface area contributed by atoms with Crippen molar-refractivity contribution < 1.29 is 18.0 Å². The second-order valence-corrected chi connectivity index (χ2v) is 12.4. The van der Waals surface area contributed by atoms with Crippen molar-refractivity contribution in [2.45, 2.75) is 50.5 Å². The molecular weight excluding hydrogens is 472 g/mol. The number of nitrogens with zero attached hydrogens (tertiary/aromatic N) is 1. The molecule has 1 saturated carbocycles. The van der Waals surface area contributed by atoms with Crippen LogP contribution in [0.2, 0.25) is 0 Å². The lowest BCUT2D eigenvalue weighted by Gasteiger charge is -2.36. The van der Waals surface area contributed by atoms with Gasteiger partial charge in [0, 0.05) is 22.5 Å². The number of para-hydroxylation sites is 1. The molecule has 1 N–H and O–H groups in total. The zero-order valence-electron chi connectivity index (χ0n) is 20.9. The molecule has 0 spiro atoms. The fraction of sp³-hybridized carbons (Fsp3) is 0.310. The monoisotopic (exact) mass is 504 g/mol. The van der Waals surface area contributed by atoms with E-state index in [1.807, 2.05) is 51.1 Å². The Bertz CT molecular complexity index is 1320. The largest absolute Gasteiger partial charge is 0.326 e. The molecule has 188 valence electrons. The zero-order chi connectivity index (χ0) is 25.9. The van der Waals surface area contributed by atoms with E-state index in [9.17, 15) is 18.0 Å². The Hall–Kier alpha value is -3.45. The smallest absolute Gasteiger partial charge is 0.258 e. The van der Waals surface area contributed by atoms with E-state index in [1.54, 1.807) is 53.4 Å². The van der Waals surface area contributed by atoms with Gasteiger partial charge in [-0.15, -0.1) is 0 Å². The molecule has 0 heterocycles. The Morgan fingerprint density at radius 1 is 0.889 bits per heavy atom. The van der Waals surface area contributed by atoms with Crippen LogP contribution >= 0.6 is 0 Å². The zero-order valence-corrected chi connectivity index (χ0v) is 21.7. The third-order valence-corrected chi connectivity index (χ3v) is 8.00. The summed E-state index contributed by atoms with van der Waals surface area (Å²) in [6.07, 6.45) is 2.08. The molecule has 3 aromatic carbocycles. The van der Waals surface area contributed by atoms with Crippen LogP contribution in [-0.2, 0) is 21.1 Å². The highest BCUT2D eigenvalue weighted by atomic mass is 32.2. The van der Waals surface area contributed by atoms with E-state index in [-0.39, 0.29) is 29.9 Å². The van der Waals surface area contributed by atoms with Crippen LogP contribution in [0.15, 0.2) is 83.8 Å². The summed E-state index contributed by atoms with van der Waals surface area (Å²) in [5.41, 5.74) is 2.24. The first kappa shape index (κ1) is 25.6. The van der Waals surface area contributed by atoms with Crippen LogP contribution in [0.3, 0.4) is 0 Å². The number of amides is 2. The van der Waals surface area contributed by atoms with Gasteiger partial charge in [0.15, 0.2) is 9.84 Å². The van der Waals surface area contributed by atoms with Gasteiger partial charge >= 0.3 is 0 Å². The third-order valence-electron chi connectivity index (χ3n) is 6.10. The maximum atomic E-state index is 13.3. The quantitative estimate of drug-likeness (QED) is 0.439. The molecule has 6 nitrogen and oxygen atoms in total. The minimum atomic E-state index is -3.27. The molecule has 4 rings (SSSR count). The fourth-order valence-corrected chi connectivity index (χ4v) is 5.80. The highest BCUT2D eigenvalue weighted by Gasteiger charge is 2.30. The molecule has 1 fully saturated rings. The highest BCUT2D eigenvalue weighted by Crippen LogP contribution is 2.32. The van der Waals surface area contributed by atoms with Crippen molar-refractivity contribution in [1.29, 1.82) is 0 Å². The summed E-state index contributed by atoms with van der Waals surface area (Å²) in [6.45, 7) is 5.96. The first-order valence-corrected chi connectivity index (χ1v) is 13.8. The van der Waals surface area contributed by atoms with Crippen molar-refractivity contribution in [2.24, 2.45) is 5.92 Å². The molecule has 2 amide bonds. The van der Waals surface area contributed by atoms with Gasteiger partial charge in [0.1, 0.15) is 0 Å². The van der Waals surface area contributed by atoms with Crippen LogP contribution < -0.4 is 10.2 Å². The van der Waals surface area contributed by atoms with Crippen molar-refractivity contribution in [2.75, 3.05) is 16.0 Å². The van der Waals surface area contributed by atoms with Gasteiger partial charge in [-0.2, -0.15) is 0 Å². The van der Waals surface area contributed by atoms with Crippen LogP contribution in [0.4, 0.5) is 11.4 Å². The van der Waals surface area contributed by atoms with Crippen LogP contribution in [0.1, 0.15) is 49.5 Å². The number of carbonyl (C=O) groups is 2. The number of hydrogen-bond acceptors (Lipinski definition) is 4. The van der Waals surface area contributed by atoms with E-state index in [0.29, 0.717) is 16.1 Å². The molecule has 0 aliphatic heterocycles. The minimum absolute atomic E-state index is 0.120. The first-order chi connectivity index (χ1) is 17.0. The lowest BCUT2D eigenvalue weighted by molar-refractivity contribution is -0.115. The molecule has 1 aliphatic rings. The number of nitrogens with one attached hydrogen (secondary N) is 1. The molecule has 7 heteroatoms. The predicted octanol–water partition coefficient (Wildman–Crippen LogP) is 5.50. The van der Waals surface area contributed by atoms with E-state index in [4.69, 9.17) is 0 Å². The number of rotatable bonds is 8. The van der Waals surface area contributed by atoms with Crippen LogP contribution in [0.5, 0.6) is 0 Å². The second-order valence-electron chi connectivity index (χ2n) is 10.3. The first-order valence-electron chi connectivity index (χ1n) is 12.1. The number of hydrogen-bond donors (Lipinski definition) is 1. The van der Waals surface area contributed by atoms with E-state index >= 15 is 0 Å². The topological polar surface area (TPSA) is 83.6 Å². The van der Waals surface area contributed by atoms with E-state index in [1.165, 1.54) is 0 Å². The third kappa shape index (κ3) is 6.40. The van der Waals surface area contributed by atoms with Crippen molar-refractivity contribution in [1.82, 2.24) is 0 Å². The van der Waals surface area contributed by atoms with E-state index in [0.717, 1.165) is 24.1 Å². The van der Waals surface area contributed by atoms with Crippen LogP contribution in [0, 0.1) is 5.92 Å². The average Bonchev–Trinajstić information content (AvgIpc) is 3.63. The van der Waals surface area contributed by atoms with Gasteiger partial charge in [-0.3, -0.25) is 9.59 Å². The SMILES string of the molecule is CC(C)(C)N(C(=O)c1ccc(NC(=O)Cc2ccc(S(=O)(=O)CC3CC3)cc2)cc1)c1ccccc1. The summed E-state index contributed by atoms with van der Waals surface area (Å²) >= 11 is 0. The highest BCUT2D eigenvalue weighted by molar-refractivity contribution is 7.91. The number of benzene rings is 3. The maximum absolute atomic E-state index is 13.3. The standard InChI is InChI=1S/C29H32N2O4S/c1-29(2,3)31(25-7-5-4-6-8-25)28(33)23-13-15-24(16-14-23)30-27(32)19-21-11-17-26(18-12-21)36(34,35)20-22-9-10-22/h4-8,11-18,22H,9-10,19-20H2,1-3H3,(H,30,32). The number of sulfone groups is 1. The molecule has 3 aromatic rings. The molecule has 1 aliphatic carbocycles. The minimum Gasteiger partial charge on any atom is -0.326 e. The predicted molar refractivity (Wildman–Crippen MR) is 143 cm³/mol. The van der Waals surface area contributed by atoms with Crippen molar-refractivity contribution in [3.05, 3.63) is 90.0 Å². The molecule has 0 bridgehead atoms. The molecule has 0 unspecified atom stereocenters. The molecule has 0 atom stereocenters. The maximum Gasteiger partial charge on any atom is 0.258 e. The summed E-state index contributed by atoms with van der Waals surface area (Å²) in [5.74, 6) is 0.146. The normalized spacial score (nSPS) is 13.8. The van der Waals surface area contributed by atoms with Gasteiger partial charge in [-0.1, -0.05) is 30.3 Å². The van der Waals surface area contributed by atoms with Crippen LogP contribution in [0.25, 0.3) is 0 Å². The Labute approximate surface area is 213 Å². The van der Waals surface area contributed by atoms with Gasteiger partial charge in [0.2, 0.25) is 5.91 Å². The Morgan fingerprint density at radius 2 is 1.50 bits per heavy atom. The second kappa shape index (κ2) is 10.3. The molecule has 0 aromatic heterocycles. The average molecular weight is 505 g/mol. The van der Waals surface area contributed by atoms with Gasteiger partial charge in [-0.05, 0) is 93.6 Å². The van der Waals surface area contributed by atoms with E-state index < -0.39 is 15.4 Å². The molecular formula is C29H32N2O4S. The molecule has 0 radical (unpaired) electrons. The van der Waals surface area contributed by atoms with Crippen molar-refractivity contribution >= 4 is 33.0 Å². The summed E-state index contributed by atoms with van der Waals surface area (Å²) in [5, 5.41) is 2.84. The summed E-state index contributed by atoms with van der Waals surface area (Å²) in [4.78, 5) is 27.9. The van der Waals surface area contributed by atoms with Crippen molar-refractivity contribution in [3.63, 3.8) is 0 Å². The molecule has 0 saturated heterocycles. The van der Waals surface area contributed by atoms with Crippen LogP contribution in [-0.4, -0.2) is 31.5 Å². The van der Waals surface area contributed by atoms with Gasteiger partial charge < -0.3 is 10.2 Å². The molecule has 36 heavy (non-hydrogen) atoms. The fourth-order valence-electron chi connectivity index (χ4n) is 4.11. The lowest BCUT2D eigenvalue weighted by atomic mass is 10.0. The Balaban J connectivity index is 1.39. The number of anilines is 2. The summed E-state index contributed by atoms with van der Waals surface area (Å²) < 4.78 is 24.8. The van der Waals surface area contributed by atoms with Gasteiger partial charge in [-0.25, -0.2) is 8.42 Å². The van der Waals surface area contributed by atoms with Gasteiger partial charge in [0.25, 0.3) is 5.91 Å². The lowest BCUT2D eigenvalue weighted by Crippen LogP contribution is -2.46. The Morgan fingerprint density at radius 3 is 2.06 bits per heavy atom. The Kier molecular flexibility index (Phi) is 7.31. The summed E-state index contributed by atoms with van der Waals surface area (Å²) in [7, 11) is -3.27. The summed E-state index contributed by atoms with van der Waals surface area (Å²) in [6, 6.07) is 22.9.